The highest BCUT2D eigenvalue weighted by molar-refractivity contribution is 7.16. The van der Waals surface area contributed by atoms with Crippen LogP contribution in [0, 0.1) is 11.3 Å². The summed E-state index contributed by atoms with van der Waals surface area (Å²) in [6.07, 6.45) is 5.85. The monoisotopic (exact) mass is 352 g/mol. The first-order valence-electron chi connectivity index (χ1n) is 8.13. The number of hydrogen-bond donors (Lipinski definition) is 3. The molecule has 0 aromatic carbocycles. The van der Waals surface area contributed by atoms with Crippen LogP contribution in [0.5, 0.6) is 0 Å². The van der Waals surface area contributed by atoms with Crippen molar-refractivity contribution < 1.29 is 4.79 Å². The Bertz CT molecular complexity index is 983. The number of aromatic amines is 1. The van der Waals surface area contributed by atoms with E-state index in [-0.39, 0.29) is 12.5 Å². The standard InChI is InChI=1S/C17H16N6OS/c18-8-12-10-4-1-2-6-13(10)25-17(12)21-14(24)9-20-16-11-5-3-7-19-15(11)22-23-16/h3,5,7H,1-2,4,6,9H2,(H,21,24)(H2,19,20,22,23). The Labute approximate surface area is 148 Å². The van der Waals surface area contributed by atoms with Crippen molar-refractivity contribution in [2.45, 2.75) is 25.7 Å². The number of anilines is 2. The summed E-state index contributed by atoms with van der Waals surface area (Å²) in [7, 11) is 0. The third-order valence-corrected chi connectivity index (χ3v) is 5.50. The molecule has 0 fully saturated rings. The fourth-order valence-electron chi connectivity index (χ4n) is 3.10. The van der Waals surface area contributed by atoms with E-state index in [1.807, 2.05) is 12.1 Å². The second kappa shape index (κ2) is 6.53. The van der Waals surface area contributed by atoms with Crippen LogP contribution in [0.2, 0.25) is 0 Å². The minimum absolute atomic E-state index is 0.0717. The maximum Gasteiger partial charge on any atom is 0.244 e. The predicted octanol–water partition coefficient (Wildman–Crippen LogP) is 2.82. The number of carbonyl (C=O) groups is 1. The Morgan fingerprint density at radius 2 is 2.28 bits per heavy atom. The molecule has 1 aliphatic carbocycles. The van der Waals surface area contributed by atoms with Crippen LogP contribution in [0.15, 0.2) is 18.3 Å². The van der Waals surface area contributed by atoms with Crippen molar-refractivity contribution in [2.24, 2.45) is 0 Å². The maximum atomic E-state index is 12.3. The summed E-state index contributed by atoms with van der Waals surface area (Å²) in [6.45, 7) is 0.0717. The molecule has 0 bridgehead atoms. The van der Waals surface area contributed by atoms with Crippen LogP contribution in [0.4, 0.5) is 10.8 Å². The number of thiophene rings is 1. The number of H-pyrrole nitrogens is 1. The molecule has 3 N–H and O–H groups in total. The zero-order valence-electron chi connectivity index (χ0n) is 13.4. The first-order chi connectivity index (χ1) is 12.3. The van der Waals surface area contributed by atoms with Gasteiger partial charge in [-0.25, -0.2) is 4.98 Å². The second-order valence-corrected chi connectivity index (χ2v) is 7.01. The minimum atomic E-state index is -0.199. The zero-order chi connectivity index (χ0) is 17.2. The topological polar surface area (TPSA) is 106 Å². The van der Waals surface area contributed by atoms with Crippen LogP contribution >= 0.6 is 11.3 Å². The summed E-state index contributed by atoms with van der Waals surface area (Å²) in [5.74, 6) is 0.388. The Morgan fingerprint density at radius 3 is 3.16 bits per heavy atom. The molecular formula is C17H16N6OS. The molecule has 126 valence electrons. The molecule has 3 aromatic heterocycles. The lowest BCUT2D eigenvalue weighted by Crippen LogP contribution is -2.21. The van der Waals surface area contributed by atoms with Gasteiger partial charge in [-0.05, 0) is 43.4 Å². The first kappa shape index (κ1) is 15.6. The molecular weight excluding hydrogens is 336 g/mol. The molecule has 3 heterocycles. The first-order valence-corrected chi connectivity index (χ1v) is 8.95. The summed E-state index contributed by atoms with van der Waals surface area (Å²) < 4.78 is 0. The zero-order valence-corrected chi connectivity index (χ0v) is 14.2. The normalized spacial score (nSPS) is 13.2. The molecule has 0 aliphatic heterocycles. The SMILES string of the molecule is N#Cc1c(NC(=O)CNc2n[nH]c3ncccc23)sc2c1CCCC2. The number of nitrogens with one attached hydrogen (secondary N) is 3. The minimum Gasteiger partial charge on any atom is -0.359 e. The predicted molar refractivity (Wildman–Crippen MR) is 96.7 cm³/mol. The van der Waals surface area contributed by atoms with Gasteiger partial charge in [0.2, 0.25) is 5.91 Å². The van der Waals surface area contributed by atoms with Crippen molar-refractivity contribution in [1.82, 2.24) is 15.2 Å². The van der Waals surface area contributed by atoms with E-state index < -0.39 is 0 Å². The van der Waals surface area contributed by atoms with Gasteiger partial charge in [0.05, 0.1) is 17.5 Å². The van der Waals surface area contributed by atoms with E-state index in [1.54, 1.807) is 6.20 Å². The van der Waals surface area contributed by atoms with Gasteiger partial charge in [0.1, 0.15) is 11.1 Å². The number of nitriles is 1. The fourth-order valence-corrected chi connectivity index (χ4v) is 4.35. The van der Waals surface area contributed by atoms with E-state index in [9.17, 15) is 10.1 Å². The van der Waals surface area contributed by atoms with Crippen LogP contribution < -0.4 is 10.6 Å². The quantitative estimate of drug-likeness (QED) is 0.669. The number of hydrogen-bond acceptors (Lipinski definition) is 6. The average molecular weight is 352 g/mol. The number of nitrogens with zero attached hydrogens (tertiary/aromatic N) is 3. The number of pyridine rings is 1. The van der Waals surface area contributed by atoms with Gasteiger partial charge in [-0.1, -0.05) is 0 Å². The van der Waals surface area contributed by atoms with Crippen LogP contribution in [0.3, 0.4) is 0 Å². The number of carbonyl (C=O) groups excluding carboxylic acids is 1. The lowest BCUT2D eigenvalue weighted by Gasteiger charge is -2.09. The van der Waals surface area contributed by atoms with Crippen molar-refractivity contribution >= 4 is 39.1 Å². The van der Waals surface area contributed by atoms with Crippen LogP contribution in [-0.2, 0) is 17.6 Å². The number of fused-ring (bicyclic) bond motifs is 2. The second-order valence-electron chi connectivity index (χ2n) is 5.90. The molecule has 0 unspecified atom stereocenters. The lowest BCUT2D eigenvalue weighted by molar-refractivity contribution is -0.114. The number of aromatic nitrogens is 3. The van der Waals surface area contributed by atoms with E-state index in [1.165, 1.54) is 16.2 Å². The summed E-state index contributed by atoms with van der Waals surface area (Å²) >= 11 is 1.53. The molecule has 3 aromatic rings. The molecule has 0 saturated heterocycles. The van der Waals surface area contributed by atoms with Crippen molar-refractivity contribution in [3.05, 3.63) is 34.3 Å². The summed E-state index contributed by atoms with van der Waals surface area (Å²) in [5.41, 5.74) is 2.41. The molecule has 0 atom stereocenters. The van der Waals surface area contributed by atoms with Crippen molar-refractivity contribution in [3.63, 3.8) is 0 Å². The van der Waals surface area contributed by atoms with E-state index in [0.29, 0.717) is 22.0 Å². The third kappa shape index (κ3) is 2.94. The summed E-state index contributed by atoms with van der Waals surface area (Å²) in [4.78, 5) is 17.7. The van der Waals surface area contributed by atoms with Crippen molar-refractivity contribution in [2.75, 3.05) is 17.2 Å². The van der Waals surface area contributed by atoms with E-state index in [2.05, 4.69) is 31.9 Å². The largest absolute Gasteiger partial charge is 0.359 e. The van der Waals surface area contributed by atoms with Crippen LogP contribution in [-0.4, -0.2) is 27.6 Å². The number of rotatable bonds is 4. The molecule has 25 heavy (non-hydrogen) atoms. The molecule has 7 nitrogen and oxygen atoms in total. The molecule has 0 spiro atoms. The molecule has 8 heteroatoms. The van der Waals surface area contributed by atoms with Gasteiger partial charge in [0.15, 0.2) is 11.5 Å². The molecule has 1 aliphatic rings. The smallest absolute Gasteiger partial charge is 0.244 e. The van der Waals surface area contributed by atoms with Gasteiger partial charge in [-0.3, -0.25) is 9.89 Å². The van der Waals surface area contributed by atoms with Crippen molar-refractivity contribution in [1.29, 1.82) is 5.26 Å². The Hall–Kier alpha value is -2.92. The highest BCUT2D eigenvalue weighted by Gasteiger charge is 2.21. The Morgan fingerprint density at radius 1 is 1.40 bits per heavy atom. The van der Waals surface area contributed by atoms with Crippen molar-refractivity contribution in [3.8, 4) is 6.07 Å². The van der Waals surface area contributed by atoms with Crippen LogP contribution in [0.1, 0.15) is 28.8 Å². The van der Waals surface area contributed by atoms with E-state index in [0.717, 1.165) is 36.6 Å². The van der Waals surface area contributed by atoms with E-state index in [4.69, 9.17) is 0 Å². The fraction of sp³-hybridized carbons (Fsp3) is 0.294. The Balaban J connectivity index is 1.46. The molecule has 1 amide bonds. The van der Waals surface area contributed by atoms with Gasteiger partial charge < -0.3 is 10.6 Å². The van der Waals surface area contributed by atoms with Gasteiger partial charge in [0.25, 0.3) is 0 Å². The van der Waals surface area contributed by atoms with Gasteiger partial charge in [-0.2, -0.15) is 10.4 Å². The molecule has 4 rings (SSSR count). The van der Waals surface area contributed by atoms with Crippen LogP contribution in [0.25, 0.3) is 11.0 Å². The third-order valence-electron chi connectivity index (χ3n) is 4.29. The van der Waals surface area contributed by atoms with Gasteiger partial charge in [0, 0.05) is 11.1 Å². The number of amides is 1. The van der Waals surface area contributed by atoms with Gasteiger partial charge >= 0.3 is 0 Å². The summed E-state index contributed by atoms with van der Waals surface area (Å²) in [6, 6.07) is 5.95. The highest BCUT2D eigenvalue weighted by Crippen LogP contribution is 2.37. The number of aryl methyl sites for hydroxylation is 1. The molecule has 0 radical (unpaired) electrons. The molecule has 0 saturated carbocycles. The Kier molecular flexibility index (Phi) is 4.07. The average Bonchev–Trinajstić information content (AvgIpc) is 3.20. The van der Waals surface area contributed by atoms with E-state index >= 15 is 0 Å². The highest BCUT2D eigenvalue weighted by atomic mass is 32.1. The summed E-state index contributed by atoms with van der Waals surface area (Å²) in [5, 5.41) is 23.8. The van der Waals surface area contributed by atoms with Gasteiger partial charge in [-0.15, -0.1) is 11.3 Å². The lowest BCUT2D eigenvalue weighted by atomic mass is 9.96. The maximum absolute atomic E-state index is 12.3.